The fourth-order valence-corrected chi connectivity index (χ4v) is 2.25. The van der Waals surface area contributed by atoms with Gasteiger partial charge in [-0.1, -0.05) is 0 Å². The van der Waals surface area contributed by atoms with Crippen molar-refractivity contribution in [1.29, 1.82) is 0 Å². The topological polar surface area (TPSA) is 94.1 Å². The molecule has 1 aromatic rings. The van der Waals surface area contributed by atoms with Crippen LogP contribution in [0.5, 0.6) is 5.75 Å². The number of benzene rings is 1. The van der Waals surface area contributed by atoms with Crippen molar-refractivity contribution in [1.82, 2.24) is 0 Å². The third-order valence-electron chi connectivity index (χ3n) is 3.35. The van der Waals surface area contributed by atoms with Gasteiger partial charge in [-0.15, -0.1) is 0 Å². The third-order valence-corrected chi connectivity index (χ3v) is 3.35. The number of hydrogen-bond donors (Lipinski definition) is 2. The smallest absolute Gasteiger partial charge is 0.302 e. The molecule has 0 bridgehead atoms. The van der Waals surface area contributed by atoms with Crippen molar-refractivity contribution >= 4 is 17.6 Å². The van der Waals surface area contributed by atoms with Crippen molar-refractivity contribution in [3.8, 4) is 5.75 Å². The predicted octanol–water partition coefficient (Wildman–Crippen LogP) is 1.45. The Labute approximate surface area is 134 Å². The Bertz CT molecular complexity index is 544. The van der Waals surface area contributed by atoms with Crippen LogP contribution in [0.15, 0.2) is 24.3 Å². The molecule has 3 atom stereocenters. The van der Waals surface area contributed by atoms with Gasteiger partial charge in [-0.3, -0.25) is 9.59 Å². The molecule has 1 aliphatic heterocycles. The Kier molecular flexibility index (Phi) is 5.95. The van der Waals surface area contributed by atoms with Crippen LogP contribution in [0.4, 0.5) is 5.69 Å². The molecule has 1 fully saturated rings. The average Bonchev–Trinajstić information content (AvgIpc) is 2.49. The van der Waals surface area contributed by atoms with Crippen LogP contribution in [0.25, 0.3) is 0 Å². The van der Waals surface area contributed by atoms with Gasteiger partial charge in [-0.25, -0.2) is 0 Å². The van der Waals surface area contributed by atoms with E-state index in [0.29, 0.717) is 24.3 Å². The van der Waals surface area contributed by atoms with E-state index in [9.17, 15) is 14.7 Å². The van der Waals surface area contributed by atoms with Crippen molar-refractivity contribution in [3.63, 3.8) is 0 Å². The first-order valence-electron chi connectivity index (χ1n) is 7.45. The molecule has 0 aromatic heterocycles. The molecule has 0 spiro atoms. The lowest BCUT2D eigenvalue weighted by Gasteiger charge is -2.33. The van der Waals surface area contributed by atoms with Crippen LogP contribution in [0.2, 0.25) is 0 Å². The number of ether oxygens (including phenoxy) is 3. The molecule has 1 heterocycles. The van der Waals surface area contributed by atoms with Gasteiger partial charge in [0.15, 0.2) is 6.29 Å². The van der Waals surface area contributed by atoms with Crippen LogP contribution in [0.1, 0.15) is 26.7 Å². The number of carbonyl (C=O) groups excluding carboxylic acids is 2. The first-order chi connectivity index (χ1) is 10.9. The van der Waals surface area contributed by atoms with E-state index in [1.807, 2.05) is 0 Å². The van der Waals surface area contributed by atoms with Gasteiger partial charge in [0.2, 0.25) is 5.91 Å². The van der Waals surface area contributed by atoms with Gasteiger partial charge in [0, 0.05) is 26.0 Å². The van der Waals surface area contributed by atoms with E-state index in [2.05, 4.69) is 5.32 Å². The molecule has 1 aliphatic rings. The number of aliphatic hydroxyl groups excluding tert-OH is 1. The number of esters is 1. The maximum Gasteiger partial charge on any atom is 0.302 e. The Morgan fingerprint density at radius 1 is 1.26 bits per heavy atom. The highest BCUT2D eigenvalue weighted by Gasteiger charge is 2.31. The molecule has 0 saturated carbocycles. The number of rotatable bonds is 5. The second-order valence-electron chi connectivity index (χ2n) is 5.37. The number of nitrogens with one attached hydrogen (secondary N) is 1. The van der Waals surface area contributed by atoms with Crippen molar-refractivity contribution in [2.45, 2.75) is 45.2 Å². The highest BCUT2D eigenvalue weighted by atomic mass is 16.7. The summed E-state index contributed by atoms with van der Waals surface area (Å²) in [7, 11) is 0. The highest BCUT2D eigenvalue weighted by molar-refractivity contribution is 5.88. The minimum absolute atomic E-state index is 0.00215. The van der Waals surface area contributed by atoms with Gasteiger partial charge in [-0.2, -0.15) is 0 Å². The minimum atomic E-state index is -0.684. The first kappa shape index (κ1) is 17.2. The molecule has 23 heavy (non-hydrogen) atoms. The molecule has 2 N–H and O–H groups in total. The Hall–Kier alpha value is -2.12. The molecule has 1 saturated heterocycles. The molecule has 1 amide bonds. The fraction of sp³-hybridized carbons (Fsp3) is 0.500. The van der Waals surface area contributed by atoms with E-state index in [4.69, 9.17) is 14.2 Å². The summed E-state index contributed by atoms with van der Waals surface area (Å²) in [6.07, 6.45) is -0.774. The van der Waals surface area contributed by atoms with Crippen LogP contribution >= 0.6 is 0 Å². The lowest BCUT2D eigenvalue weighted by atomic mass is 10.1. The van der Waals surface area contributed by atoms with Gasteiger partial charge < -0.3 is 24.6 Å². The molecule has 7 nitrogen and oxygen atoms in total. The maximum atomic E-state index is 11.0. The molecular formula is C16H21NO6. The average molecular weight is 323 g/mol. The van der Waals surface area contributed by atoms with E-state index in [1.165, 1.54) is 13.8 Å². The van der Waals surface area contributed by atoms with Gasteiger partial charge in [0.1, 0.15) is 18.5 Å². The monoisotopic (exact) mass is 323 g/mol. The van der Waals surface area contributed by atoms with E-state index >= 15 is 0 Å². The second kappa shape index (κ2) is 7.94. The summed E-state index contributed by atoms with van der Waals surface area (Å²) in [5.74, 6) is 0.0284. The summed E-state index contributed by atoms with van der Waals surface area (Å²) in [6.45, 7) is 2.74. The summed E-state index contributed by atoms with van der Waals surface area (Å²) in [5.41, 5.74) is 0.678. The van der Waals surface area contributed by atoms with Crippen LogP contribution < -0.4 is 10.1 Å². The Morgan fingerprint density at radius 3 is 2.57 bits per heavy atom. The SMILES string of the molecule is CC(=O)Nc1ccc(OC2CCC(O)C(COC(C)=O)O2)cc1. The summed E-state index contributed by atoms with van der Waals surface area (Å²) < 4.78 is 16.2. The van der Waals surface area contributed by atoms with E-state index in [-0.39, 0.29) is 12.5 Å². The van der Waals surface area contributed by atoms with Crippen molar-refractivity contribution in [2.75, 3.05) is 11.9 Å². The van der Waals surface area contributed by atoms with E-state index < -0.39 is 24.5 Å². The molecule has 0 radical (unpaired) electrons. The van der Waals surface area contributed by atoms with Crippen LogP contribution in [0, 0.1) is 0 Å². The lowest BCUT2D eigenvalue weighted by molar-refractivity contribution is -0.202. The highest BCUT2D eigenvalue weighted by Crippen LogP contribution is 2.24. The molecule has 1 aromatic carbocycles. The number of carbonyl (C=O) groups is 2. The number of anilines is 1. The van der Waals surface area contributed by atoms with Gasteiger partial charge in [0.25, 0.3) is 0 Å². The third kappa shape index (κ3) is 5.54. The number of aliphatic hydroxyl groups is 1. The zero-order chi connectivity index (χ0) is 16.8. The lowest BCUT2D eigenvalue weighted by Crippen LogP contribution is -2.44. The standard InChI is InChI=1S/C16H21NO6/c1-10(18)17-12-3-5-13(6-4-12)22-16-8-7-14(20)15(23-16)9-21-11(2)19/h3-6,14-16,20H,7-9H2,1-2H3,(H,17,18). The Morgan fingerprint density at radius 2 is 1.96 bits per heavy atom. The van der Waals surface area contributed by atoms with Crippen LogP contribution in [-0.4, -0.2) is 42.1 Å². The molecule has 0 aliphatic carbocycles. The molecule has 126 valence electrons. The van der Waals surface area contributed by atoms with Crippen molar-refractivity contribution < 1.29 is 28.9 Å². The van der Waals surface area contributed by atoms with Crippen LogP contribution in [0.3, 0.4) is 0 Å². The van der Waals surface area contributed by atoms with Crippen molar-refractivity contribution in [2.24, 2.45) is 0 Å². The number of hydrogen-bond acceptors (Lipinski definition) is 6. The summed E-state index contributed by atoms with van der Waals surface area (Å²) in [6, 6.07) is 6.90. The largest absolute Gasteiger partial charge is 0.465 e. The van der Waals surface area contributed by atoms with Gasteiger partial charge in [-0.05, 0) is 30.7 Å². The first-order valence-corrected chi connectivity index (χ1v) is 7.45. The summed E-state index contributed by atoms with van der Waals surface area (Å²) in [5, 5.41) is 12.5. The fourth-order valence-electron chi connectivity index (χ4n) is 2.25. The summed E-state index contributed by atoms with van der Waals surface area (Å²) in [4.78, 5) is 21.8. The predicted molar refractivity (Wildman–Crippen MR) is 81.9 cm³/mol. The quantitative estimate of drug-likeness (QED) is 0.797. The molecule has 3 unspecified atom stereocenters. The molecular weight excluding hydrogens is 302 g/mol. The van der Waals surface area contributed by atoms with E-state index in [0.717, 1.165) is 0 Å². The molecule has 2 rings (SSSR count). The Balaban J connectivity index is 1.89. The van der Waals surface area contributed by atoms with Gasteiger partial charge in [0.05, 0.1) is 6.10 Å². The zero-order valence-electron chi connectivity index (χ0n) is 13.2. The normalized spacial score (nSPS) is 23.9. The second-order valence-corrected chi connectivity index (χ2v) is 5.37. The van der Waals surface area contributed by atoms with Crippen molar-refractivity contribution in [3.05, 3.63) is 24.3 Å². The zero-order valence-corrected chi connectivity index (χ0v) is 13.2. The van der Waals surface area contributed by atoms with Crippen LogP contribution in [-0.2, 0) is 19.1 Å². The van der Waals surface area contributed by atoms with E-state index in [1.54, 1.807) is 24.3 Å². The number of amides is 1. The molecule has 7 heteroatoms. The van der Waals surface area contributed by atoms with Gasteiger partial charge >= 0.3 is 5.97 Å². The summed E-state index contributed by atoms with van der Waals surface area (Å²) >= 11 is 0. The minimum Gasteiger partial charge on any atom is -0.465 e. The maximum absolute atomic E-state index is 11.0.